The van der Waals surface area contributed by atoms with E-state index in [1.165, 1.54) is 22.3 Å². The zero-order chi connectivity index (χ0) is 47.0. The largest absolute Gasteiger partial charge is 0.497 e. The molecule has 0 bridgehead atoms. The Balaban J connectivity index is 1.23. The molecule has 1 saturated heterocycles. The molecule has 7 rings (SSSR count). The molecule has 2 saturated carbocycles. The average Bonchev–Trinajstić information content (AvgIpc) is 3.50. The number of carbonyl (C=O) groups is 3. The Morgan fingerprint density at radius 2 is 1.80 bits per heavy atom. The summed E-state index contributed by atoms with van der Waals surface area (Å²) >= 11 is 7.54. The smallest absolute Gasteiger partial charge is 0.408 e. The van der Waals surface area contributed by atoms with E-state index >= 15 is 4.39 Å². The molecule has 350 valence electrons. The predicted molar refractivity (Wildman–Crippen MR) is 247 cm³/mol. The summed E-state index contributed by atoms with van der Waals surface area (Å²) in [6.07, 6.45) is 2.27. The molecule has 4 N–H and O–H groups in total. The summed E-state index contributed by atoms with van der Waals surface area (Å²) in [4.78, 5) is 65.8. The maximum atomic E-state index is 15.0. The molecule has 0 spiro atoms. The van der Waals surface area contributed by atoms with Gasteiger partial charge in [-0.05, 0) is 75.6 Å². The Hall–Kier alpha value is -4.83. The molecular weight excluding hydrogens is 901 g/mol. The minimum atomic E-state index is -4.66. The van der Waals surface area contributed by atoms with Gasteiger partial charge in [-0.3, -0.25) is 14.2 Å². The van der Waals surface area contributed by atoms with E-state index < -0.39 is 88.5 Å². The van der Waals surface area contributed by atoms with Crippen LogP contribution in [0, 0.1) is 23.0 Å². The molecular formula is C46H56ClF2N6O8PS. The molecule has 3 amide bonds. The van der Waals surface area contributed by atoms with E-state index in [1.807, 2.05) is 25.3 Å². The summed E-state index contributed by atoms with van der Waals surface area (Å²) in [6.45, 7) is 13.2. The number of carbonyl (C=O) groups excluding carboxylic acids is 3. The van der Waals surface area contributed by atoms with Crippen LogP contribution in [0.15, 0.2) is 54.4 Å². The second kappa shape index (κ2) is 19.2. The third-order valence-corrected chi connectivity index (χ3v) is 16.1. The number of thiazole rings is 1. The van der Waals surface area contributed by atoms with E-state index in [-0.39, 0.29) is 38.0 Å². The number of methoxy groups -OCH3 is 1. The van der Waals surface area contributed by atoms with E-state index in [4.69, 9.17) is 35.8 Å². The zero-order valence-corrected chi connectivity index (χ0v) is 39.8. The van der Waals surface area contributed by atoms with E-state index in [0.29, 0.717) is 33.8 Å². The Labute approximate surface area is 386 Å². The van der Waals surface area contributed by atoms with Crippen LogP contribution >= 0.6 is 30.3 Å². The van der Waals surface area contributed by atoms with Crippen molar-refractivity contribution in [2.24, 2.45) is 11.3 Å². The van der Waals surface area contributed by atoms with Crippen LogP contribution in [0.4, 0.5) is 18.7 Å². The van der Waals surface area contributed by atoms with Crippen molar-refractivity contribution < 1.29 is 46.8 Å². The quantitative estimate of drug-likeness (QED) is 0.0506. The molecule has 3 heterocycles. The number of benzene rings is 2. The van der Waals surface area contributed by atoms with Crippen LogP contribution in [-0.2, 0) is 25.1 Å². The van der Waals surface area contributed by atoms with Gasteiger partial charge in [-0.25, -0.2) is 23.5 Å². The number of alkyl carbamates (subject to hydrolysis) is 1. The number of ether oxygens (including phenoxy) is 3. The van der Waals surface area contributed by atoms with Crippen molar-refractivity contribution in [1.82, 2.24) is 25.5 Å². The third-order valence-electron chi connectivity index (χ3n) is 12.3. The maximum Gasteiger partial charge on any atom is 0.408 e. The van der Waals surface area contributed by atoms with Gasteiger partial charge in [0.05, 0.1) is 29.5 Å². The number of halogens is 3. The number of likely N-dealkylation sites (tertiary alicyclic amines) is 1. The summed E-state index contributed by atoms with van der Waals surface area (Å²) in [5.74, 6) is -3.02. The van der Waals surface area contributed by atoms with Gasteiger partial charge in [0.1, 0.15) is 58.4 Å². The van der Waals surface area contributed by atoms with Crippen molar-refractivity contribution in [1.29, 1.82) is 0 Å². The monoisotopic (exact) mass is 956 g/mol. The number of pyridine rings is 1. The van der Waals surface area contributed by atoms with Crippen LogP contribution in [-0.4, -0.2) is 86.9 Å². The lowest BCUT2D eigenvalue weighted by Gasteiger charge is -2.43. The van der Waals surface area contributed by atoms with Gasteiger partial charge in [-0.2, -0.15) is 0 Å². The van der Waals surface area contributed by atoms with Gasteiger partial charge < -0.3 is 40.0 Å². The van der Waals surface area contributed by atoms with E-state index in [2.05, 4.69) is 22.5 Å². The molecule has 2 aliphatic carbocycles. The van der Waals surface area contributed by atoms with Gasteiger partial charge in [0.2, 0.25) is 19.2 Å². The topological polar surface area (TPSA) is 181 Å². The van der Waals surface area contributed by atoms with Crippen molar-refractivity contribution in [3.63, 3.8) is 0 Å². The highest BCUT2D eigenvalue weighted by atomic mass is 35.5. The minimum Gasteiger partial charge on any atom is -0.497 e. The first-order valence-corrected chi connectivity index (χ1v) is 24.9. The number of hydrogen-bond acceptors (Lipinski definition) is 11. The molecule has 1 unspecified atom stereocenters. The number of aromatic nitrogens is 2. The fourth-order valence-corrected chi connectivity index (χ4v) is 12.2. The van der Waals surface area contributed by atoms with Crippen LogP contribution < -0.4 is 25.4 Å². The fourth-order valence-electron chi connectivity index (χ4n) is 8.65. The summed E-state index contributed by atoms with van der Waals surface area (Å²) in [5, 5.41) is 9.66. The lowest BCUT2D eigenvalue weighted by atomic mass is 9.84. The number of nitrogens with zero attached hydrogens (tertiary/aromatic N) is 3. The Morgan fingerprint density at radius 3 is 2.46 bits per heavy atom. The minimum absolute atomic E-state index is 0.00762. The number of amides is 3. The van der Waals surface area contributed by atoms with Crippen LogP contribution in [0.1, 0.15) is 85.1 Å². The number of hydrogen-bond donors (Lipinski definition) is 4. The Morgan fingerprint density at radius 1 is 1.08 bits per heavy atom. The standard InChI is InChI=1S/C46H56ClF2N6O8PS/c1-8-26-22-46(26,64(59,60)23-31-32(48)15-16-33(49)39(31)47)54-41(56)37-20-29(17-18-55(37)42(57)40(45(4,5)6)53-44(58)63-27-11-9-10-12-27)62-38-21-35(36-24-65-43(52-36)50-25(2)3)51-34-19-28(61-7)13-14-30(34)38/h8,13-16,19,21,24-27,29,37,40H,1,9-12,17-18,20,22-23H2,2-7H3,(H,50,52)(H,53,58)(H,54,56)(H,59,60)/t26-,29+,37+,40-,46+/m1/s1. The van der Waals surface area contributed by atoms with E-state index in [1.54, 1.807) is 46.1 Å². The van der Waals surface area contributed by atoms with Gasteiger partial charge in [-0.1, -0.05) is 38.4 Å². The molecule has 1 aliphatic heterocycles. The number of anilines is 1. The highest BCUT2D eigenvalue weighted by Gasteiger charge is 2.66. The zero-order valence-electron chi connectivity index (χ0n) is 37.3. The van der Waals surface area contributed by atoms with Crippen molar-refractivity contribution in [3.8, 4) is 22.9 Å². The Bertz CT molecular complexity index is 2520. The first-order valence-electron chi connectivity index (χ1n) is 21.8. The summed E-state index contributed by atoms with van der Waals surface area (Å²) in [5.41, 5.74) is 0.345. The normalized spacial score (nSPS) is 22.5. The summed E-state index contributed by atoms with van der Waals surface area (Å²) in [6, 6.07) is 6.50. The molecule has 2 aromatic carbocycles. The average molecular weight is 957 g/mol. The number of rotatable bonds is 15. The lowest BCUT2D eigenvalue weighted by Crippen LogP contribution is -2.63. The number of nitrogens with one attached hydrogen (secondary N) is 3. The van der Waals surface area contributed by atoms with Gasteiger partial charge >= 0.3 is 6.09 Å². The highest BCUT2D eigenvalue weighted by molar-refractivity contribution is 7.59. The van der Waals surface area contributed by atoms with Crippen molar-refractivity contribution >= 4 is 64.2 Å². The summed E-state index contributed by atoms with van der Waals surface area (Å²) < 4.78 is 61.9. The molecule has 6 atom stereocenters. The fraction of sp³-hybridized carbons (Fsp3) is 0.500. The van der Waals surface area contributed by atoms with Gasteiger partial charge in [0.15, 0.2) is 5.13 Å². The molecule has 3 aliphatic rings. The first-order chi connectivity index (χ1) is 30.7. The van der Waals surface area contributed by atoms with Gasteiger partial charge in [0, 0.05) is 59.8 Å². The molecule has 4 aromatic rings. The second-order valence-electron chi connectivity index (χ2n) is 18.4. The molecule has 0 radical (unpaired) electrons. The Kier molecular flexibility index (Phi) is 14.2. The molecule has 3 fully saturated rings. The highest BCUT2D eigenvalue weighted by Crippen LogP contribution is 2.71. The third kappa shape index (κ3) is 10.4. The van der Waals surface area contributed by atoms with Crippen molar-refractivity contribution in [3.05, 3.63) is 76.7 Å². The molecule has 14 nitrogen and oxygen atoms in total. The van der Waals surface area contributed by atoms with Crippen LogP contribution in [0.2, 0.25) is 5.02 Å². The first kappa shape index (κ1) is 48.1. The van der Waals surface area contributed by atoms with E-state index in [0.717, 1.165) is 42.9 Å². The van der Waals surface area contributed by atoms with Crippen molar-refractivity contribution in [2.75, 3.05) is 19.0 Å². The van der Waals surface area contributed by atoms with Crippen LogP contribution in [0.3, 0.4) is 0 Å². The van der Waals surface area contributed by atoms with Gasteiger partial charge in [-0.15, -0.1) is 17.9 Å². The van der Waals surface area contributed by atoms with Crippen LogP contribution in [0.25, 0.3) is 22.3 Å². The number of fused-ring (bicyclic) bond motifs is 1. The van der Waals surface area contributed by atoms with Gasteiger partial charge in [0.25, 0.3) is 0 Å². The maximum absolute atomic E-state index is 15.0. The van der Waals surface area contributed by atoms with E-state index in [9.17, 15) is 28.2 Å². The second-order valence-corrected chi connectivity index (χ2v) is 22.2. The van der Waals surface area contributed by atoms with Crippen LogP contribution in [0.5, 0.6) is 11.5 Å². The molecule has 2 aromatic heterocycles. The molecule has 19 heteroatoms. The van der Waals surface area contributed by atoms with Crippen molar-refractivity contribution in [2.45, 2.75) is 121 Å². The SMILES string of the molecule is C=C[C@@H]1C[C@]1(NC(=O)[C@@H]1C[C@@H](Oc2cc(-c3csc(NC(C)C)n3)nc3cc(OC)ccc23)CCN1C(=O)[C@@H](NC(=O)OC1CCCC1)C(C)(C)C)P(=O)(O)Cc1c(F)ccc(F)c1Cl. The lowest BCUT2D eigenvalue weighted by molar-refractivity contribution is -0.148. The number of piperidine rings is 1. The predicted octanol–water partition coefficient (Wildman–Crippen LogP) is 9.43. The molecule has 65 heavy (non-hydrogen) atoms. The summed E-state index contributed by atoms with van der Waals surface area (Å²) in [7, 11) is -3.10.